The lowest BCUT2D eigenvalue weighted by molar-refractivity contribution is -0.143. The van der Waals surface area contributed by atoms with Gasteiger partial charge in [-0.15, -0.1) is 0 Å². The molecule has 1 heterocycles. The van der Waals surface area contributed by atoms with Gasteiger partial charge >= 0.3 is 5.97 Å². The molecular weight excluding hydrogens is 264 g/mol. The van der Waals surface area contributed by atoms with Crippen LogP contribution in [0.4, 0.5) is 0 Å². The summed E-state index contributed by atoms with van der Waals surface area (Å²) >= 11 is 0. The maximum absolute atomic E-state index is 11.7. The van der Waals surface area contributed by atoms with E-state index in [0.29, 0.717) is 4.31 Å². The number of nitrogens with zero attached hydrogens (tertiary/aromatic N) is 1. The van der Waals surface area contributed by atoms with Crippen molar-refractivity contribution >= 4 is 27.8 Å². The minimum Gasteiger partial charge on any atom is -0.480 e. The minimum absolute atomic E-state index is 0.474. The highest BCUT2D eigenvalue weighted by Crippen LogP contribution is 2.34. The third-order valence-electron chi connectivity index (χ3n) is 2.70. The standard InChI is InChI=1S/C9H14N2O6S/c1-5(12)10-6(7(13)14)4-11-8(15)9(2,3)18(11,16)17/h6H,4H2,1-3H3,(H,10,12)(H,13,14). The molecule has 2 amide bonds. The number of nitrogens with one attached hydrogen (secondary N) is 1. The summed E-state index contributed by atoms with van der Waals surface area (Å²) in [5, 5.41) is 10.9. The van der Waals surface area contributed by atoms with E-state index >= 15 is 0 Å². The second kappa shape index (κ2) is 4.23. The smallest absolute Gasteiger partial charge is 0.328 e. The Labute approximate surface area is 104 Å². The number of aliphatic carboxylic acids is 1. The molecule has 1 atom stereocenters. The first kappa shape index (κ1) is 14.4. The zero-order valence-electron chi connectivity index (χ0n) is 10.1. The summed E-state index contributed by atoms with van der Waals surface area (Å²) in [7, 11) is -3.84. The fourth-order valence-electron chi connectivity index (χ4n) is 1.53. The summed E-state index contributed by atoms with van der Waals surface area (Å²) in [6.45, 7) is 3.00. The number of sulfonamides is 1. The molecule has 0 aromatic carbocycles. The van der Waals surface area contributed by atoms with Crippen molar-refractivity contribution in [1.82, 2.24) is 9.62 Å². The van der Waals surface area contributed by atoms with Crippen LogP contribution in [0.15, 0.2) is 0 Å². The minimum atomic E-state index is -3.84. The Morgan fingerprint density at radius 2 is 1.94 bits per heavy atom. The van der Waals surface area contributed by atoms with Crippen molar-refractivity contribution in [3.63, 3.8) is 0 Å². The lowest BCUT2D eigenvalue weighted by Gasteiger charge is -2.43. The summed E-state index contributed by atoms with van der Waals surface area (Å²) < 4.78 is 22.4. The molecule has 2 N–H and O–H groups in total. The van der Waals surface area contributed by atoms with Crippen molar-refractivity contribution in [2.75, 3.05) is 6.54 Å². The van der Waals surface area contributed by atoms with E-state index in [2.05, 4.69) is 5.32 Å². The van der Waals surface area contributed by atoms with Crippen LogP contribution in [0.1, 0.15) is 20.8 Å². The maximum Gasteiger partial charge on any atom is 0.328 e. The van der Waals surface area contributed by atoms with Crippen LogP contribution in [-0.2, 0) is 24.4 Å². The number of rotatable bonds is 4. The van der Waals surface area contributed by atoms with Crippen molar-refractivity contribution in [1.29, 1.82) is 0 Å². The van der Waals surface area contributed by atoms with Gasteiger partial charge in [-0.2, -0.15) is 0 Å². The first-order valence-corrected chi connectivity index (χ1v) is 6.52. The molecule has 102 valence electrons. The molecule has 0 bridgehead atoms. The van der Waals surface area contributed by atoms with E-state index in [-0.39, 0.29) is 0 Å². The second-order valence-electron chi connectivity index (χ2n) is 4.44. The molecular formula is C9H14N2O6S. The van der Waals surface area contributed by atoms with Crippen molar-refractivity contribution < 1.29 is 27.9 Å². The van der Waals surface area contributed by atoms with Crippen LogP contribution < -0.4 is 5.32 Å². The summed E-state index contributed by atoms with van der Waals surface area (Å²) in [4.78, 5) is 33.2. The molecule has 0 aromatic rings. The number of hydrogen-bond donors (Lipinski definition) is 2. The van der Waals surface area contributed by atoms with E-state index in [0.717, 1.165) is 6.92 Å². The first-order valence-electron chi connectivity index (χ1n) is 5.08. The van der Waals surface area contributed by atoms with E-state index in [4.69, 9.17) is 5.11 Å². The molecule has 0 radical (unpaired) electrons. The third kappa shape index (κ3) is 2.05. The van der Waals surface area contributed by atoms with Crippen LogP contribution in [0.2, 0.25) is 0 Å². The Kier molecular flexibility index (Phi) is 3.39. The molecule has 1 saturated heterocycles. The number of carboxylic acids is 1. The van der Waals surface area contributed by atoms with Crippen molar-refractivity contribution in [3.05, 3.63) is 0 Å². The first-order chi connectivity index (χ1) is 8.01. The van der Waals surface area contributed by atoms with Gasteiger partial charge in [-0.05, 0) is 13.8 Å². The fourth-order valence-corrected chi connectivity index (χ4v) is 3.08. The van der Waals surface area contributed by atoms with Crippen LogP contribution in [0.5, 0.6) is 0 Å². The monoisotopic (exact) mass is 278 g/mol. The van der Waals surface area contributed by atoms with E-state index in [9.17, 15) is 22.8 Å². The Morgan fingerprint density at radius 3 is 2.28 bits per heavy atom. The molecule has 1 unspecified atom stereocenters. The van der Waals surface area contributed by atoms with Gasteiger partial charge in [0.1, 0.15) is 6.04 Å². The van der Waals surface area contributed by atoms with Crippen LogP contribution >= 0.6 is 0 Å². The highest BCUT2D eigenvalue weighted by Gasteiger charge is 2.60. The Morgan fingerprint density at radius 1 is 1.44 bits per heavy atom. The van der Waals surface area contributed by atoms with Crippen molar-refractivity contribution in [3.8, 4) is 0 Å². The predicted octanol–water partition coefficient (Wildman–Crippen LogP) is -1.47. The predicted molar refractivity (Wildman–Crippen MR) is 60.0 cm³/mol. The lowest BCUT2D eigenvalue weighted by atomic mass is 10.1. The topological polar surface area (TPSA) is 121 Å². The van der Waals surface area contributed by atoms with Gasteiger partial charge in [0, 0.05) is 6.92 Å². The van der Waals surface area contributed by atoms with Gasteiger partial charge in [0.25, 0.3) is 15.9 Å². The molecule has 0 aromatic heterocycles. The second-order valence-corrected chi connectivity index (χ2v) is 6.85. The third-order valence-corrected chi connectivity index (χ3v) is 5.06. The SMILES string of the molecule is CC(=O)NC(CN1C(=O)C(C)(C)S1(=O)=O)C(=O)O. The Hall–Kier alpha value is -1.64. The Bertz CT molecular complexity index is 509. The summed E-state index contributed by atoms with van der Waals surface area (Å²) in [6.07, 6.45) is 0. The molecule has 0 saturated carbocycles. The summed E-state index contributed by atoms with van der Waals surface area (Å²) in [5.74, 6) is -2.70. The molecule has 9 heteroatoms. The number of carboxylic acid groups (broad SMARTS) is 1. The quantitative estimate of drug-likeness (QED) is 0.647. The normalized spacial score (nSPS) is 21.9. The van der Waals surface area contributed by atoms with Crippen LogP contribution in [0, 0.1) is 0 Å². The van der Waals surface area contributed by atoms with Gasteiger partial charge < -0.3 is 10.4 Å². The summed E-state index contributed by atoms with van der Waals surface area (Å²) in [5.41, 5.74) is 0. The fraction of sp³-hybridized carbons (Fsp3) is 0.667. The molecule has 1 fully saturated rings. The van der Waals surface area contributed by atoms with E-state index in [1.54, 1.807) is 0 Å². The molecule has 18 heavy (non-hydrogen) atoms. The lowest BCUT2D eigenvalue weighted by Crippen LogP contribution is -2.69. The van der Waals surface area contributed by atoms with E-state index < -0.39 is 45.1 Å². The average molecular weight is 278 g/mol. The highest BCUT2D eigenvalue weighted by atomic mass is 32.2. The van der Waals surface area contributed by atoms with E-state index in [1.165, 1.54) is 13.8 Å². The molecule has 8 nitrogen and oxygen atoms in total. The van der Waals surface area contributed by atoms with Gasteiger partial charge in [0.2, 0.25) is 5.91 Å². The maximum atomic E-state index is 11.7. The van der Waals surface area contributed by atoms with Gasteiger partial charge in [-0.25, -0.2) is 17.5 Å². The Balaban J connectivity index is 2.88. The van der Waals surface area contributed by atoms with Crippen molar-refractivity contribution in [2.45, 2.75) is 31.6 Å². The van der Waals surface area contributed by atoms with Crippen LogP contribution in [0.25, 0.3) is 0 Å². The molecule has 1 rings (SSSR count). The molecule has 1 aliphatic heterocycles. The highest BCUT2D eigenvalue weighted by molar-refractivity contribution is 7.94. The molecule has 1 aliphatic rings. The number of amides is 2. The van der Waals surface area contributed by atoms with Gasteiger partial charge in [-0.1, -0.05) is 0 Å². The zero-order chi connectivity index (χ0) is 14.3. The van der Waals surface area contributed by atoms with Gasteiger partial charge in [0.05, 0.1) is 6.54 Å². The van der Waals surface area contributed by atoms with E-state index in [1.807, 2.05) is 0 Å². The largest absolute Gasteiger partial charge is 0.480 e. The zero-order valence-corrected chi connectivity index (χ0v) is 10.9. The summed E-state index contributed by atoms with van der Waals surface area (Å²) in [6, 6.07) is -1.45. The van der Waals surface area contributed by atoms with Gasteiger partial charge in [0.15, 0.2) is 4.75 Å². The van der Waals surface area contributed by atoms with Crippen molar-refractivity contribution in [2.24, 2.45) is 0 Å². The molecule has 0 aliphatic carbocycles. The number of carbonyl (C=O) groups is 3. The molecule has 0 spiro atoms. The average Bonchev–Trinajstić information content (AvgIpc) is 2.21. The van der Waals surface area contributed by atoms with Crippen LogP contribution in [-0.4, -0.2) is 52.9 Å². The van der Waals surface area contributed by atoms with Crippen LogP contribution in [0.3, 0.4) is 0 Å². The number of carbonyl (C=O) groups excluding carboxylic acids is 2. The number of hydrogen-bond acceptors (Lipinski definition) is 5. The van der Waals surface area contributed by atoms with Gasteiger partial charge in [-0.3, -0.25) is 9.59 Å².